The van der Waals surface area contributed by atoms with Crippen molar-refractivity contribution in [2.75, 3.05) is 29.6 Å². The molecule has 202 valence electrons. The average molecular weight is 542 g/mol. The lowest BCUT2D eigenvalue weighted by Crippen LogP contribution is -2.49. The minimum Gasteiger partial charge on any atom is -0.394 e. The smallest absolute Gasteiger partial charge is 0.276 e. The number of nitrogens with zero attached hydrogens (tertiary/aromatic N) is 4. The molecular formula is C25H32ClN9O3. The Labute approximate surface area is 225 Å². The van der Waals surface area contributed by atoms with E-state index in [4.69, 9.17) is 16.7 Å². The zero-order valence-corrected chi connectivity index (χ0v) is 21.8. The van der Waals surface area contributed by atoms with E-state index in [1.165, 1.54) is 12.4 Å². The van der Waals surface area contributed by atoms with Crippen LogP contribution in [0.4, 0.5) is 17.2 Å². The van der Waals surface area contributed by atoms with E-state index >= 15 is 0 Å². The zero-order valence-electron chi connectivity index (χ0n) is 21.1. The van der Waals surface area contributed by atoms with Gasteiger partial charge in [0.1, 0.15) is 17.0 Å². The van der Waals surface area contributed by atoms with Crippen molar-refractivity contribution in [1.82, 2.24) is 30.2 Å². The average Bonchev–Trinajstić information content (AvgIpc) is 3.61. The fraction of sp³-hybridized carbons (Fsp3) is 0.480. The topological polar surface area (TPSA) is 158 Å². The van der Waals surface area contributed by atoms with Crippen LogP contribution in [-0.4, -0.2) is 74.3 Å². The predicted molar refractivity (Wildman–Crippen MR) is 145 cm³/mol. The Hall–Kier alpha value is -3.48. The normalized spacial score (nSPS) is 20.1. The van der Waals surface area contributed by atoms with Gasteiger partial charge < -0.3 is 31.7 Å². The summed E-state index contributed by atoms with van der Waals surface area (Å²) in [5.41, 5.74) is 2.22. The van der Waals surface area contributed by atoms with Gasteiger partial charge in [-0.2, -0.15) is 0 Å². The number of rotatable bonds is 10. The maximum Gasteiger partial charge on any atom is 0.276 e. The van der Waals surface area contributed by atoms with Gasteiger partial charge in [-0.1, -0.05) is 11.6 Å². The molecule has 13 heteroatoms. The number of carbonyl (C=O) groups excluding carboxylic acids is 2. The maximum atomic E-state index is 13.1. The van der Waals surface area contributed by atoms with Gasteiger partial charge in [0.15, 0.2) is 11.3 Å². The van der Waals surface area contributed by atoms with Gasteiger partial charge in [-0.3, -0.25) is 9.59 Å². The molecule has 38 heavy (non-hydrogen) atoms. The number of imidazole rings is 1. The molecule has 2 aliphatic rings. The van der Waals surface area contributed by atoms with Crippen molar-refractivity contribution in [2.45, 2.75) is 62.7 Å². The van der Waals surface area contributed by atoms with Crippen LogP contribution in [0.25, 0.3) is 5.65 Å². The van der Waals surface area contributed by atoms with Crippen LogP contribution in [-0.2, 0) is 4.79 Å². The first-order valence-corrected chi connectivity index (χ1v) is 13.2. The van der Waals surface area contributed by atoms with Crippen molar-refractivity contribution < 1.29 is 14.7 Å². The fourth-order valence-electron chi connectivity index (χ4n) is 4.62. The highest BCUT2D eigenvalue weighted by atomic mass is 35.5. The summed E-state index contributed by atoms with van der Waals surface area (Å²) in [5, 5.41) is 30.0. The second-order valence-corrected chi connectivity index (χ2v) is 10.2. The monoisotopic (exact) mass is 541 g/mol. The van der Waals surface area contributed by atoms with Crippen molar-refractivity contribution >= 4 is 46.3 Å². The molecule has 1 atom stereocenters. The molecule has 2 saturated carbocycles. The molecule has 0 saturated heterocycles. The Bertz CT molecular complexity index is 1300. The number of nitrogens with one attached hydrogen (secondary N) is 5. The number of pyridine rings is 1. The minimum absolute atomic E-state index is 0.0659. The molecule has 3 aromatic heterocycles. The van der Waals surface area contributed by atoms with Crippen molar-refractivity contribution in [3.63, 3.8) is 0 Å². The van der Waals surface area contributed by atoms with Gasteiger partial charge in [0.05, 0.1) is 18.5 Å². The van der Waals surface area contributed by atoms with Gasteiger partial charge in [-0.05, 0) is 57.7 Å². The number of amides is 2. The van der Waals surface area contributed by atoms with Crippen LogP contribution in [0.1, 0.15) is 49.0 Å². The molecule has 0 radical (unpaired) electrons. The number of anilines is 3. The molecule has 0 aliphatic heterocycles. The molecule has 2 fully saturated rings. The number of carbonyl (C=O) groups is 2. The maximum absolute atomic E-state index is 13.1. The molecule has 2 amide bonds. The van der Waals surface area contributed by atoms with Crippen molar-refractivity contribution in [3.8, 4) is 0 Å². The summed E-state index contributed by atoms with van der Waals surface area (Å²) in [5.74, 6) is 0.0951. The number of hydrogen-bond acceptors (Lipinski definition) is 9. The highest BCUT2D eigenvalue weighted by Gasteiger charge is 2.27. The summed E-state index contributed by atoms with van der Waals surface area (Å²) in [6.07, 6.45) is 8.54. The third kappa shape index (κ3) is 6.14. The largest absolute Gasteiger partial charge is 0.394 e. The lowest BCUT2D eigenvalue weighted by molar-refractivity contribution is -0.124. The number of aliphatic hydroxyl groups is 1. The highest BCUT2D eigenvalue weighted by molar-refractivity contribution is 6.29. The Kier molecular flexibility index (Phi) is 7.91. The van der Waals surface area contributed by atoms with Crippen LogP contribution in [0.5, 0.6) is 0 Å². The fourth-order valence-corrected chi connectivity index (χ4v) is 4.80. The van der Waals surface area contributed by atoms with Gasteiger partial charge in [0.2, 0.25) is 5.91 Å². The third-order valence-electron chi connectivity index (χ3n) is 6.89. The molecule has 0 bridgehead atoms. The summed E-state index contributed by atoms with van der Waals surface area (Å²) >= 11 is 5.96. The van der Waals surface area contributed by atoms with Crippen molar-refractivity contribution in [2.24, 2.45) is 0 Å². The van der Waals surface area contributed by atoms with E-state index < -0.39 is 6.04 Å². The second kappa shape index (κ2) is 11.5. The zero-order chi connectivity index (χ0) is 26.6. The molecule has 12 nitrogen and oxygen atoms in total. The molecule has 3 aromatic rings. The highest BCUT2D eigenvalue weighted by Crippen LogP contribution is 2.30. The lowest BCUT2D eigenvalue weighted by Gasteiger charge is -2.31. The molecule has 6 N–H and O–H groups in total. The summed E-state index contributed by atoms with van der Waals surface area (Å²) < 4.78 is 1.56. The van der Waals surface area contributed by atoms with E-state index in [1.54, 1.807) is 23.7 Å². The van der Waals surface area contributed by atoms with Gasteiger partial charge in [0.25, 0.3) is 5.91 Å². The number of hydrogen-bond donors (Lipinski definition) is 6. The summed E-state index contributed by atoms with van der Waals surface area (Å²) in [4.78, 5) is 33.8. The van der Waals surface area contributed by atoms with E-state index in [0.717, 1.165) is 44.2 Å². The number of fused-ring (bicyclic) bond motifs is 1. The Morgan fingerprint density at radius 2 is 1.79 bits per heavy atom. The first kappa shape index (κ1) is 26.1. The molecule has 0 unspecified atom stereocenters. The third-order valence-corrected chi connectivity index (χ3v) is 7.10. The standard InChI is InChI=1S/C25H32ClN9O3/c1-27-19(13-36)24(37)32-16-6-4-15(5-7-16)31-22-11-18(30-14-2-3-14)23-29-12-20(35(23)34-22)25(38)33-17-8-9-28-21(26)10-17/h8-12,14-16,19,27,30,36H,2-7,13H2,1H3,(H,31,34)(H,32,37)(H,28,33,38)/t15-,16-,19-/m0/s1. The van der Waals surface area contributed by atoms with Crippen LogP contribution in [0, 0.1) is 0 Å². The molecule has 0 spiro atoms. The SMILES string of the molecule is CN[C@@H](CO)C(=O)N[C@H]1CC[C@H](Nc2cc(NC3CC3)c3ncc(C(=O)Nc4ccnc(Cl)c4)n3n2)CC1. The van der Waals surface area contributed by atoms with Crippen LogP contribution in [0.3, 0.4) is 0 Å². The van der Waals surface area contributed by atoms with Gasteiger partial charge in [0, 0.05) is 36.1 Å². The summed E-state index contributed by atoms with van der Waals surface area (Å²) in [6.45, 7) is -0.241. The first-order valence-electron chi connectivity index (χ1n) is 12.9. The van der Waals surface area contributed by atoms with E-state index in [1.807, 2.05) is 6.07 Å². The second-order valence-electron chi connectivity index (χ2n) is 9.79. The molecule has 2 aliphatic carbocycles. The molecule has 3 heterocycles. The van der Waals surface area contributed by atoms with E-state index in [2.05, 4.69) is 36.6 Å². The predicted octanol–water partition coefficient (Wildman–Crippen LogP) is 2.02. The van der Waals surface area contributed by atoms with Crippen LogP contribution >= 0.6 is 11.6 Å². The number of aromatic nitrogens is 4. The van der Waals surface area contributed by atoms with Crippen molar-refractivity contribution in [1.29, 1.82) is 0 Å². The van der Waals surface area contributed by atoms with E-state index in [9.17, 15) is 14.7 Å². The van der Waals surface area contributed by atoms with Crippen LogP contribution in [0.15, 0.2) is 30.6 Å². The van der Waals surface area contributed by atoms with Crippen molar-refractivity contribution in [3.05, 3.63) is 41.4 Å². The quantitative estimate of drug-likeness (QED) is 0.211. The number of aliphatic hydroxyl groups excluding tert-OH is 1. The number of likely N-dealkylation sites (N-methyl/N-ethyl adjacent to an activating group) is 1. The summed E-state index contributed by atoms with van der Waals surface area (Å²) in [6, 6.07) is 5.20. The van der Waals surface area contributed by atoms with Crippen LogP contribution < -0.4 is 26.6 Å². The Morgan fingerprint density at radius 3 is 2.47 bits per heavy atom. The first-order chi connectivity index (χ1) is 18.4. The summed E-state index contributed by atoms with van der Waals surface area (Å²) in [7, 11) is 1.65. The Balaban J connectivity index is 1.30. The molecule has 0 aromatic carbocycles. The lowest BCUT2D eigenvalue weighted by atomic mass is 9.91. The number of halogens is 1. The molecule has 5 rings (SSSR count). The minimum atomic E-state index is -0.601. The van der Waals surface area contributed by atoms with Crippen LogP contribution in [0.2, 0.25) is 5.15 Å². The van der Waals surface area contributed by atoms with E-state index in [-0.39, 0.29) is 35.7 Å². The Morgan fingerprint density at radius 1 is 1.08 bits per heavy atom. The van der Waals surface area contributed by atoms with Gasteiger partial charge >= 0.3 is 0 Å². The van der Waals surface area contributed by atoms with E-state index in [0.29, 0.717) is 28.9 Å². The molecular weight excluding hydrogens is 510 g/mol. The van der Waals surface area contributed by atoms with Gasteiger partial charge in [-0.25, -0.2) is 14.5 Å². The van der Waals surface area contributed by atoms with Gasteiger partial charge in [-0.15, -0.1) is 5.10 Å².